The molecule has 3 aliphatic rings. The predicted molar refractivity (Wildman–Crippen MR) is 87.5 cm³/mol. The van der Waals surface area contributed by atoms with Crippen LogP contribution in [0.2, 0.25) is 0 Å². The van der Waals surface area contributed by atoms with E-state index >= 15 is 0 Å². The van der Waals surface area contributed by atoms with Crippen molar-refractivity contribution in [3.8, 4) is 0 Å². The second-order valence-corrected chi connectivity index (χ2v) is 6.67. The lowest BCUT2D eigenvalue weighted by molar-refractivity contribution is -0.0747. The molecule has 0 spiro atoms. The van der Waals surface area contributed by atoms with E-state index in [1.807, 2.05) is 6.07 Å². The fraction of sp³-hybridized carbons (Fsp3) is 0.647. The van der Waals surface area contributed by atoms with E-state index in [9.17, 15) is 4.79 Å². The first-order valence-corrected chi connectivity index (χ1v) is 8.59. The maximum atomic E-state index is 12.7. The zero-order valence-electron chi connectivity index (χ0n) is 13.5. The van der Waals surface area contributed by atoms with E-state index in [4.69, 9.17) is 4.74 Å². The molecule has 6 nitrogen and oxygen atoms in total. The molecule has 2 aliphatic heterocycles. The Labute approximate surface area is 136 Å². The van der Waals surface area contributed by atoms with Crippen LogP contribution in [0.25, 0.3) is 0 Å². The standard InChI is InChI=1S/C17H24N4O2/c1-18-16-12(5-4-7-19-16)17(22)20-13-11-6-10-23-15(11)14(13)21-8-2-3-9-21/h4-5,7,11,13-15H,2-3,6,8-10H2,1H3,(H,18,19)(H,20,22)/t11-,13+,14-,15-/m1/s1. The first kappa shape index (κ1) is 14.9. The molecule has 1 aromatic rings. The second kappa shape index (κ2) is 6.09. The quantitative estimate of drug-likeness (QED) is 0.871. The summed E-state index contributed by atoms with van der Waals surface area (Å²) in [5.74, 6) is 1.04. The average Bonchev–Trinajstić information content (AvgIpc) is 3.23. The molecule has 4 rings (SSSR count). The SMILES string of the molecule is CNc1ncccc1C(=O)N[C@H]1[C@H]2CCO[C@H]2[C@@H]1N1CCCC1. The van der Waals surface area contributed by atoms with E-state index in [0.717, 1.165) is 26.1 Å². The van der Waals surface area contributed by atoms with E-state index in [-0.39, 0.29) is 11.9 Å². The Morgan fingerprint density at radius 1 is 1.39 bits per heavy atom. The van der Waals surface area contributed by atoms with E-state index in [1.165, 1.54) is 12.8 Å². The van der Waals surface area contributed by atoms with Gasteiger partial charge in [0, 0.05) is 25.8 Å². The molecule has 0 aromatic carbocycles. The molecule has 23 heavy (non-hydrogen) atoms. The molecule has 0 radical (unpaired) electrons. The van der Waals surface area contributed by atoms with Crippen LogP contribution in [-0.4, -0.2) is 60.7 Å². The normalized spacial score (nSPS) is 33.1. The number of carbonyl (C=O) groups excluding carboxylic acids is 1. The molecular formula is C17H24N4O2. The monoisotopic (exact) mass is 316 g/mol. The predicted octanol–water partition coefficient (Wildman–Crippen LogP) is 1.10. The Balaban J connectivity index is 1.51. The van der Waals surface area contributed by atoms with Crippen LogP contribution in [0.4, 0.5) is 5.82 Å². The Morgan fingerprint density at radius 2 is 2.22 bits per heavy atom. The highest BCUT2D eigenvalue weighted by Gasteiger charge is 2.56. The van der Waals surface area contributed by atoms with Gasteiger partial charge in [0.05, 0.1) is 23.8 Å². The molecule has 1 aliphatic carbocycles. The third kappa shape index (κ3) is 2.50. The molecule has 124 valence electrons. The van der Waals surface area contributed by atoms with Crippen molar-refractivity contribution in [3.05, 3.63) is 23.9 Å². The summed E-state index contributed by atoms with van der Waals surface area (Å²) in [5, 5.41) is 6.26. The van der Waals surface area contributed by atoms with Crippen molar-refractivity contribution in [1.82, 2.24) is 15.2 Å². The molecule has 6 heteroatoms. The minimum Gasteiger partial charge on any atom is -0.376 e. The van der Waals surface area contributed by atoms with Gasteiger partial charge < -0.3 is 15.4 Å². The number of pyridine rings is 1. The van der Waals surface area contributed by atoms with Gasteiger partial charge >= 0.3 is 0 Å². The number of nitrogens with one attached hydrogen (secondary N) is 2. The number of likely N-dealkylation sites (tertiary alicyclic amines) is 1. The van der Waals surface area contributed by atoms with Gasteiger partial charge in [0.1, 0.15) is 5.82 Å². The lowest BCUT2D eigenvalue weighted by atomic mass is 9.70. The summed E-state index contributed by atoms with van der Waals surface area (Å²) >= 11 is 0. The van der Waals surface area contributed by atoms with Crippen LogP contribution in [0.5, 0.6) is 0 Å². The number of nitrogens with zero attached hydrogens (tertiary/aromatic N) is 2. The molecule has 0 unspecified atom stereocenters. The van der Waals surface area contributed by atoms with Gasteiger partial charge in [-0.3, -0.25) is 9.69 Å². The molecular weight excluding hydrogens is 292 g/mol. The largest absolute Gasteiger partial charge is 0.376 e. The maximum Gasteiger partial charge on any atom is 0.255 e. The van der Waals surface area contributed by atoms with E-state index in [0.29, 0.717) is 29.4 Å². The number of rotatable bonds is 4. The number of hydrogen-bond acceptors (Lipinski definition) is 5. The summed E-state index contributed by atoms with van der Waals surface area (Å²) in [4.78, 5) is 19.5. The van der Waals surface area contributed by atoms with Crippen LogP contribution in [0, 0.1) is 5.92 Å². The number of carbonyl (C=O) groups is 1. The van der Waals surface area contributed by atoms with Crippen LogP contribution in [0.1, 0.15) is 29.6 Å². The molecule has 3 heterocycles. The summed E-state index contributed by atoms with van der Waals surface area (Å²) in [6.45, 7) is 3.07. The van der Waals surface area contributed by atoms with E-state index < -0.39 is 0 Å². The van der Waals surface area contributed by atoms with E-state index in [1.54, 1.807) is 19.3 Å². The number of aromatic nitrogens is 1. The first-order chi connectivity index (χ1) is 11.3. The van der Waals surface area contributed by atoms with Gasteiger partial charge in [0.2, 0.25) is 0 Å². The van der Waals surface area contributed by atoms with Crippen LogP contribution in [0.3, 0.4) is 0 Å². The van der Waals surface area contributed by atoms with Gasteiger partial charge in [-0.15, -0.1) is 0 Å². The molecule has 3 fully saturated rings. The van der Waals surface area contributed by atoms with Crippen LogP contribution < -0.4 is 10.6 Å². The zero-order chi connectivity index (χ0) is 15.8. The van der Waals surface area contributed by atoms with Crippen molar-refractivity contribution in [2.75, 3.05) is 32.1 Å². The first-order valence-electron chi connectivity index (χ1n) is 8.59. The smallest absolute Gasteiger partial charge is 0.255 e. The minimum atomic E-state index is -0.0398. The van der Waals surface area contributed by atoms with E-state index in [2.05, 4.69) is 20.5 Å². The fourth-order valence-electron chi connectivity index (χ4n) is 4.36. The summed E-state index contributed by atoms with van der Waals surface area (Å²) in [7, 11) is 1.79. The van der Waals surface area contributed by atoms with Crippen molar-refractivity contribution in [3.63, 3.8) is 0 Å². The average molecular weight is 316 g/mol. The number of ether oxygens (including phenoxy) is 1. The Kier molecular flexibility index (Phi) is 3.95. The van der Waals surface area contributed by atoms with Crippen LogP contribution >= 0.6 is 0 Å². The number of hydrogen-bond donors (Lipinski definition) is 2. The zero-order valence-corrected chi connectivity index (χ0v) is 13.5. The maximum absolute atomic E-state index is 12.7. The van der Waals surface area contributed by atoms with Crippen molar-refractivity contribution < 1.29 is 9.53 Å². The summed E-state index contributed by atoms with van der Waals surface area (Å²) in [6, 6.07) is 4.15. The molecule has 4 atom stereocenters. The molecule has 2 N–H and O–H groups in total. The fourth-order valence-corrected chi connectivity index (χ4v) is 4.36. The molecule has 2 saturated heterocycles. The number of fused-ring (bicyclic) bond motifs is 1. The lowest BCUT2D eigenvalue weighted by Gasteiger charge is -2.51. The summed E-state index contributed by atoms with van der Waals surface area (Å²) < 4.78 is 5.92. The third-order valence-electron chi connectivity index (χ3n) is 5.50. The highest BCUT2D eigenvalue weighted by molar-refractivity contribution is 5.99. The highest BCUT2D eigenvalue weighted by Crippen LogP contribution is 2.43. The van der Waals surface area contributed by atoms with Crippen molar-refractivity contribution in [2.45, 2.75) is 37.5 Å². The molecule has 1 aromatic heterocycles. The molecule has 1 saturated carbocycles. The minimum absolute atomic E-state index is 0.0398. The Bertz CT molecular complexity index is 583. The number of anilines is 1. The van der Waals surface area contributed by atoms with Crippen LogP contribution in [-0.2, 0) is 4.74 Å². The number of amides is 1. The summed E-state index contributed by atoms with van der Waals surface area (Å²) in [5.41, 5.74) is 0.609. The molecule has 1 amide bonds. The highest BCUT2D eigenvalue weighted by atomic mass is 16.5. The Morgan fingerprint density at radius 3 is 3.00 bits per heavy atom. The second-order valence-electron chi connectivity index (χ2n) is 6.67. The van der Waals surface area contributed by atoms with Gasteiger partial charge in [0.15, 0.2) is 0 Å². The molecule has 0 bridgehead atoms. The Hall–Kier alpha value is -1.66. The van der Waals surface area contributed by atoms with Crippen molar-refractivity contribution >= 4 is 11.7 Å². The summed E-state index contributed by atoms with van der Waals surface area (Å²) in [6.07, 6.45) is 5.55. The lowest BCUT2D eigenvalue weighted by Crippen LogP contribution is -2.70. The van der Waals surface area contributed by atoms with Crippen LogP contribution in [0.15, 0.2) is 18.3 Å². The van der Waals surface area contributed by atoms with Gasteiger partial charge in [-0.2, -0.15) is 0 Å². The van der Waals surface area contributed by atoms with Crippen molar-refractivity contribution in [1.29, 1.82) is 0 Å². The topological polar surface area (TPSA) is 66.5 Å². The van der Waals surface area contributed by atoms with Gasteiger partial charge in [-0.05, 0) is 44.5 Å². The third-order valence-corrected chi connectivity index (χ3v) is 5.50. The van der Waals surface area contributed by atoms with Gasteiger partial charge in [0.25, 0.3) is 5.91 Å². The van der Waals surface area contributed by atoms with Gasteiger partial charge in [-0.25, -0.2) is 4.98 Å². The van der Waals surface area contributed by atoms with Crippen molar-refractivity contribution in [2.24, 2.45) is 5.92 Å². The van der Waals surface area contributed by atoms with Gasteiger partial charge in [-0.1, -0.05) is 0 Å².